The van der Waals surface area contributed by atoms with Crippen molar-refractivity contribution in [2.24, 2.45) is 17.8 Å². The Bertz CT molecular complexity index is 317. The molecule has 1 rings (SSSR count). The highest BCUT2D eigenvalue weighted by molar-refractivity contribution is 5.80. The lowest BCUT2D eigenvalue weighted by Gasteiger charge is -2.26. The van der Waals surface area contributed by atoms with E-state index in [1.54, 1.807) is 6.92 Å². The second-order valence-corrected chi connectivity index (χ2v) is 5.83. The first-order valence-electron chi connectivity index (χ1n) is 7.08. The molecule has 4 unspecified atom stereocenters. The summed E-state index contributed by atoms with van der Waals surface area (Å²) in [5.41, 5.74) is 0. The number of aliphatic carboxylic acids is 1. The predicted molar refractivity (Wildman–Crippen MR) is 71.6 cm³/mol. The van der Waals surface area contributed by atoms with E-state index >= 15 is 0 Å². The molecule has 4 atom stereocenters. The number of aliphatic hydroxyl groups is 1. The number of nitrogens with one attached hydrogen (secondary N) is 1. The van der Waals surface area contributed by atoms with Gasteiger partial charge in [0.05, 0.1) is 12.0 Å². The Kier molecular flexibility index (Phi) is 6.28. The number of carboxylic acids is 1. The third-order valence-corrected chi connectivity index (χ3v) is 3.76. The van der Waals surface area contributed by atoms with E-state index in [4.69, 9.17) is 5.11 Å². The van der Waals surface area contributed by atoms with Crippen molar-refractivity contribution >= 4 is 11.9 Å². The van der Waals surface area contributed by atoms with Gasteiger partial charge in [-0.15, -0.1) is 0 Å². The van der Waals surface area contributed by atoms with Gasteiger partial charge in [-0.25, -0.2) is 0 Å². The molecule has 0 aliphatic heterocycles. The molecule has 0 bridgehead atoms. The van der Waals surface area contributed by atoms with Crippen molar-refractivity contribution in [3.8, 4) is 0 Å². The number of amides is 1. The molecule has 5 nitrogen and oxygen atoms in total. The van der Waals surface area contributed by atoms with Crippen LogP contribution in [0.2, 0.25) is 0 Å². The smallest absolute Gasteiger partial charge is 0.306 e. The zero-order valence-corrected chi connectivity index (χ0v) is 11.8. The average molecular weight is 271 g/mol. The number of hydrogen-bond donors (Lipinski definition) is 3. The largest absolute Gasteiger partial charge is 0.481 e. The lowest BCUT2D eigenvalue weighted by molar-refractivity contribution is -0.144. The van der Waals surface area contributed by atoms with E-state index in [0.717, 1.165) is 12.8 Å². The highest BCUT2D eigenvalue weighted by atomic mass is 16.4. The van der Waals surface area contributed by atoms with Crippen LogP contribution in [0.1, 0.15) is 46.0 Å². The molecular weight excluding hydrogens is 246 g/mol. The van der Waals surface area contributed by atoms with E-state index in [2.05, 4.69) is 5.32 Å². The number of carbonyl (C=O) groups is 2. The minimum atomic E-state index is -0.792. The van der Waals surface area contributed by atoms with Crippen LogP contribution in [-0.4, -0.2) is 34.7 Å². The van der Waals surface area contributed by atoms with Gasteiger partial charge in [0.1, 0.15) is 0 Å². The molecule has 1 saturated carbocycles. The summed E-state index contributed by atoms with van der Waals surface area (Å²) in [5.74, 6) is -1.15. The number of carboxylic acid groups (broad SMARTS) is 1. The summed E-state index contributed by atoms with van der Waals surface area (Å²) in [4.78, 5) is 22.9. The van der Waals surface area contributed by atoms with Crippen LogP contribution in [0.15, 0.2) is 0 Å². The Morgan fingerprint density at radius 1 is 1.26 bits per heavy atom. The number of rotatable bonds is 6. The zero-order chi connectivity index (χ0) is 14.4. The topological polar surface area (TPSA) is 86.6 Å². The minimum absolute atomic E-state index is 0.0385. The number of carbonyl (C=O) groups excluding carboxylic acids is 1. The molecule has 0 aromatic heterocycles. The van der Waals surface area contributed by atoms with E-state index < -0.39 is 5.97 Å². The quantitative estimate of drug-likeness (QED) is 0.681. The summed E-state index contributed by atoms with van der Waals surface area (Å²) in [6, 6.07) is 0. The van der Waals surface area contributed by atoms with Crippen LogP contribution in [0.4, 0.5) is 0 Å². The van der Waals surface area contributed by atoms with Crippen molar-refractivity contribution in [3.05, 3.63) is 0 Å². The molecule has 1 aliphatic carbocycles. The lowest BCUT2D eigenvalue weighted by Crippen LogP contribution is -2.37. The summed E-state index contributed by atoms with van der Waals surface area (Å²) in [5, 5.41) is 21.1. The maximum absolute atomic E-state index is 12.0. The Labute approximate surface area is 114 Å². The normalized spacial score (nSPS) is 26.5. The molecule has 0 aromatic carbocycles. The molecule has 0 spiro atoms. The molecule has 0 heterocycles. The second-order valence-electron chi connectivity index (χ2n) is 5.83. The SMILES string of the molecule is CC(O)CC(C)CNC(=O)C1CCCC(C(=O)O)C1. The van der Waals surface area contributed by atoms with Crippen molar-refractivity contribution in [1.29, 1.82) is 0 Å². The lowest BCUT2D eigenvalue weighted by atomic mass is 9.81. The Balaban J connectivity index is 2.34. The van der Waals surface area contributed by atoms with Crippen molar-refractivity contribution in [1.82, 2.24) is 5.32 Å². The fourth-order valence-corrected chi connectivity index (χ4v) is 2.74. The Hall–Kier alpha value is -1.10. The van der Waals surface area contributed by atoms with Crippen LogP contribution >= 0.6 is 0 Å². The molecule has 110 valence electrons. The van der Waals surface area contributed by atoms with Gasteiger partial charge in [0.25, 0.3) is 0 Å². The Morgan fingerprint density at radius 3 is 2.47 bits per heavy atom. The molecule has 1 aliphatic rings. The van der Waals surface area contributed by atoms with Crippen LogP contribution in [-0.2, 0) is 9.59 Å². The molecule has 0 saturated heterocycles. The van der Waals surface area contributed by atoms with Crippen molar-refractivity contribution in [3.63, 3.8) is 0 Å². The molecule has 1 fully saturated rings. The standard InChI is InChI=1S/C14H25NO4/c1-9(6-10(2)16)8-15-13(17)11-4-3-5-12(7-11)14(18)19/h9-12,16H,3-8H2,1-2H3,(H,15,17)(H,18,19). The van der Waals surface area contributed by atoms with Crippen LogP contribution < -0.4 is 5.32 Å². The second kappa shape index (κ2) is 7.48. The van der Waals surface area contributed by atoms with Crippen LogP contribution in [0.3, 0.4) is 0 Å². The molecule has 1 amide bonds. The highest BCUT2D eigenvalue weighted by Gasteiger charge is 2.30. The number of hydrogen-bond acceptors (Lipinski definition) is 3. The summed E-state index contributed by atoms with van der Waals surface area (Å²) in [7, 11) is 0. The van der Waals surface area contributed by atoms with E-state index in [9.17, 15) is 14.7 Å². The van der Waals surface area contributed by atoms with E-state index in [-0.39, 0.29) is 29.8 Å². The molecule has 19 heavy (non-hydrogen) atoms. The molecule has 0 aromatic rings. The van der Waals surface area contributed by atoms with Gasteiger partial charge in [0, 0.05) is 12.5 Å². The van der Waals surface area contributed by atoms with Gasteiger partial charge in [-0.3, -0.25) is 9.59 Å². The first kappa shape index (κ1) is 16.0. The third-order valence-electron chi connectivity index (χ3n) is 3.76. The van der Waals surface area contributed by atoms with Crippen LogP contribution in [0.5, 0.6) is 0 Å². The molecule has 3 N–H and O–H groups in total. The van der Waals surface area contributed by atoms with Gasteiger partial charge in [0.2, 0.25) is 5.91 Å². The summed E-state index contributed by atoms with van der Waals surface area (Å²) in [6.07, 6.45) is 3.00. The van der Waals surface area contributed by atoms with Gasteiger partial charge in [-0.2, -0.15) is 0 Å². The summed E-state index contributed by atoms with van der Waals surface area (Å²) >= 11 is 0. The molecular formula is C14H25NO4. The zero-order valence-electron chi connectivity index (χ0n) is 11.8. The Morgan fingerprint density at radius 2 is 1.89 bits per heavy atom. The summed E-state index contributed by atoms with van der Waals surface area (Å²) in [6.45, 7) is 4.25. The van der Waals surface area contributed by atoms with E-state index in [1.807, 2.05) is 6.92 Å². The van der Waals surface area contributed by atoms with Gasteiger partial charge >= 0.3 is 5.97 Å². The number of aliphatic hydroxyl groups excluding tert-OH is 1. The first-order chi connectivity index (χ1) is 8.90. The highest BCUT2D eigenvalue weighted by Crippen LogP contribution is 2.29. The van der Waals surface area contributed by atoms with Crippen molar-refractivity contribution in [2.75, 3.05) is 6.54 Å². The molecule has 0 radical (unpaired) electrons. The van der Waals surface area contributed by atoms with E-state index in [0.29, 0.717) is 25.8 Å². The fraction of sp³-hybridized carbons (Fsp3) is 0.857. The summed E-state index contributed by atoms with van der Waals surface area (Å²) < 4.78 is 0. The molecule has 5 heteroatoms. The van der Waals surface area contributed by atoms with Crippen LogP contribution in [0, 0.1) is 17.8 Å². The van der Waals surface area contributed by atoms with Crippen LogP contribution in [0.25, 0.3) is 0 Å². The van der Waals surface area contributed by atoms with Crippen molar-refractivity contribution in [2.45, 2.75) is 52.1 Å². The maximum atomic E-state index is 12.0. The van der Waals surface area contributed by atoms with Gasteiger partial charge in [-0.05, 0) is 38.5 Å². The minimum Gasteiger partial charge on any atom is -0.481 e. The van der Waals surface area contributed by atoms with E-state index in [1.165, 1.54) is 0 Å². The van der Waals surface area contributed by atoms with Gasteiger partial charge in [-0.1, -0.05) is 13.3 Å². The predicted octanol–water partition coefficient (Wildman–Crippen LogP) is 1.40. The third kappa shape index (κ3) is 5.59. The van der Waals surface area contributed by atoms with Crippen molar-refractivity contribution < 1.29 is 19.8 Å². The average Bonchev–Trinajstić information content (AvgIpc) is 2.35. The monoisotopic (exact) mass is 271 g/mol. The maximum Gasteiger partial charge on any atom is 0.306 e. The first-order valence-corrected chi connectivity index (χ1v) is 7.08. The fourth-order valence-electron chi connectivity index (χ4n) is 2.74. The van der Waals surface area contributed by atoms with Gasteiger partial charge < -0.3 is 15.5 Å². The van der Waals surface area contributed by atoms with Gasteiger partial charge in [0.15, 0.2) is 0 Å².